The first-order valence-corrected chi connectivity index (χ1v) is 4.60. The third-order valence-electron chi connectivity index (χ3n) is 1.16. The maximum absolute atomic E-state index is 5.75. The van der Waals surface area contributed by atoms with E-state index in [4.69, 9.17) is 23.1 Å². The van der Waals surface area contributed by atoms with Crippen molar-refractivity contribution in [1.29, 1.82) is 0 Å². The van der Waals surface area contributed by atoms with Gasteiger partial charge >= 0.3 is 0 Å². The fourth-order valence-corrected chi connectivity index (χ4v) is 1.33. The van der Waals surface area contributed by atoms with E-state index in [2.05, 4.69) is 27.6 Å². The van der Waals surface area contributed by atoms with Crippen molar-refractivity contribution in [2.75, 3.05) is 0 Å². The maximum Gasteiger partial charge on any atom is 0.191 e. The maximum atomic E-state index is 5.75. The van der Waals surface area contributed by atoms with E-state index in [9.17, 15) is 0 Å². The number of benzene rings is 1. The highest BCUT2D eigenvalue weighted by Crippen LogP contribution is 2.24. The third kappa shape index (κ3) is 2.53. The van der Waals surface area contributed by atoms with Gasteiger partial charge in [-0.2, -0.15) is 0 Å². The summed E-state index contributed by atoms with van der Waals surface area (Å²) in [5.74, 6) is 0.0372. The van der Waals surface area contributed by atoms with Gasteiger partial charge in [0, 0.05) is 8.59 Å². The number of nitrogens with two attached hydrogens (primary N) is 2. The molecule has 0 aliphatic heterocycles. The molecule has 0 aromatic heterocycles. The van der Waals surface area contributed by atoms with Crippen molar-refractivity contribution in [3.63, 3.8) is 0 Å². The summed E-state index contributed by atoms with van der Waals surface area (Å²) in [6.45, 7) is 0. The van der Waals surface area contributed by atoms with Crippen molar-refractivity contribution in [2.24, 2.45) is 16.5 Å². The van der Waals surface area contributed by atoms with Crippen molar-refractivity contribution >= 4 is 45.8 Å². The lowest BCUT2D eigenvalue weighted by Crippen LogP contribution is -2.22. The first-order valence-electron chi connectivity index (χ1n) is 3.14. The van der Waals surface area contributed by atoms with Gasteiger partial charge in [0.1, 0.15) is 0 Å². The normalized spacial score (nSPS) is 9.50. The summed E-state index contributed by atoms with van der Waals surface area (Å²) < 4.78 is 0.963. The van der Waals surface area contributed by atoms with Crippen LogP contribution in [0.5, 0.6) is 0 Å². The van der Waals surface area contributed by atoms with Crippen LogP contribution < -0.4 is 11.5 Å². The minimum absolute atomic E-state index is 0.0372. The number of guanidine groups is 1. The molecule has 0 spiro atoms. The van der Waals surface area contributed by atoms with Gasteiger partial charge in [-0.25, -0.2) is 4.99 Å². The Bertz CT molecular complexity index is 320. The zero-order valence-corrected chi connectivity index (χ0v) is 9.00. The Balaban J connectivity index is 3.14. The van der Waals surface area contributed by atoms with Crippen LogP contribution in [0, 0.1) is 3.57 Å². The lowest BCUT2D eigenvalue weighted by molar-refractivity contribution is 1.41. The van der Waals surface area contributed by atoms with Gasteiger partial charge in [0.2, 0.25) is 0 Å². The second kappa shape index (κ2) is 3.95. The summed E-state index contributed by atoms with van der Waals surface area (Å²) in [6, 6.07) is 5.35. The quantitative estimate of drug-likeness (QED) is 0.472. The van der Waals surface area contributed by atoms with Crippen molar-refractivity contribution < 1.29 is 0 Å². The average molecular weight is 296 g/mol. The number of halogens is 2. The Kier molecular flexibility index (Phi) is 3.16. The molecule has 0 saturated carbocycles. The van der Waals surface area contributed by atoms with Crippen molar-refractivity contribution in [3.05, 3.63) is 26.8 Å². The molecule has 0 heterocycles. The molecule has 0 radical (unpaired) electrons. The Morgan fingerprint density at radius 2 is 2.08 bits per heavy atom. The molecule has 0 saturated heterocycles. The molecular weight excluding hydrogens is 288 g/mol. The summed E-state index contributed by atoms with van der Waals surface area (Å²) in [5.41, 5.74) is 11.1. The molecule has 0 amide bonds. The van der Waals surface area contributed by atoms with E-state index in [0.29, 0.717) is 10.7 Å². The molecule has 0 aliphatic carbocycles. The molecule has 5 heteroatoms. The van der Waals surface area contributed by atoms with Crippen LogP contribution in [0.15, 0.2) is 23.2 Å². The minimum Gasteiger partial charge on any atom is -0.370 e. The highest BCUT2D eigenvalue weighted by Gasteiger charge is 1.98. The molecular formula is C7H7ClIN3. The summed E-state index contributed by atoms with van der Waals surface area (Å²) in [7, 11) is 0. The van der Waals surface area contributed by atoms with Gasteiger partial charge < -0.3 is 11.5 Å². The molecule has 1 rings (SSSR count). The van der Waals surface area contributed by atoms with E-state index in [1.807, 2.05) is 6.07 Å². The number of rotatable bonds is 1. The standard InChI is InChI=1S/C7H7ClIN3/c8-4-1-2-5(9)6(3-4)12-7(10)11/h1-3H,(H4,10,11,12). The van der Waals surface area contributed by atoms with E-state index in [1.54, 1.807) is 12.1 Å². The first-order chi connectivity index (χ1) is 5.59. The van der Waals surface area contributed by atoms with Crippen molar-refractivity contribution in [3.8, 4) is 0 Å². The van der Waals surface area contributed by atoms with Crippen LogP contribution in [0.4, 0.5) is 5.69 Å². The molecule has 12 heavy (non-hydrogen) atoms. The fraction of sp³-hybridized carbons (Fsp3) is 0. The second-order valence-electron chi connectivity index (χ2n) is 2.13. The smallest absolute Gasteiger partial charge is 0.191 e. The molecule has 0 unspecified atom stereocenters. The average Bonchev–Trinajstić information content (AvgIpc) is 1.96. The van der Waals surface area contributed by atoms with Crippen LogP contribution in [0.2, 0.25) is 5.02 Å². The summed E-state index contributed by atoms with van der Waals surface area (Å²) in [4.78, 5) is 3.90. The molecule has 0 fully saturated rings. The number of nitrogens with zero attached hydrogens (tertiary/aromatic N) is 1. The predicted molar refractivity (Wildman–Crippen MR) is 59.6 cm³/mol. The highest BCUT2D eigenvalue weighted by molar-refractivity contribution is 14.1. The van der Waals surface area contributed by atoms with Gasteiger partial charge in [0.25, 0.3) is 0 Å². The third-order valence-corrected chi connectivity index (χ3v) is 2.31. The Morgan fingerprint density at radius 3 is 2.67 bits per heavy atom. The Morgan fingerprint density at radius 1 is 1.42 bits per heavy atom. The fourth-order valence-electron chi connectivity index (χ4n) is 0.711. The molecule has 0 atom stereocenters. The molecule has 0 aliphatic rings. The molecule has 64 valence electrons. The van der Waals surface area contributed by atoms with E-state index in [-0.39, 0.29) is 5.96 Å². The number of aliphatic imine (C=N–C) groups is 1. The molecule has 4 N–H and O–H groups in total. The van der Waals surface area contributed by atoms with E-state index in [1.165, 1.54) is 0 Å². The SMILES string of the molecule is NC(N)=Nc1cc(Cl)ccc1I. The minimum atomic E-state index is 0.0372. The van der Waals surface area contributed by atoms with E-state index < -0.39 is 0 Å². The highest BCUT2D eigenvalue weighted by atomic mass is 127. The molecule has 1 aromatic rings. The van der Waals surface area contributed by atoms with Crippen LogP contribution in [0.3, 0.4) is 0 Å². The number of hydrogen-bond donors (Lipinski definition) is 2. The van der Waals surface area contributed by atoms with Gasteiger partial charge in [0.05, 0.1) is 5.69 Å². The number of hydrogen-bond acceptors (Lipinski definition) is 1. The van der Waals surface area contributed by atoms with Gasteiger partial charge in [-0.05, 0) is 40.8 Å². The molecule has 1 aromatic carbocycles. The zero-order valence-electron chi connectivity index (χ0n) is 6.09. The zero-order chi connectivity index (χ0) is 9.14. The van der Waals surface area contributed by atoms with Gasteiger partial charge in [-0.1, -0.05) is 11.6 Å². The summed E-state index contributed by atoms with van der Waals surface area (Å²) in [5, 5.41) is 0.621. The van der Waals surface area contributed by atoms with Gasteiger partial charge in [0.15, 0.2) is 5.96 Å². The van der Waals surface area contributed by atoms with Crippen LogP contribution >= 0.6 is 34.2 Å². The van der Waals surface area contributed by atoms with Gasteiger partial charge in [-0.15, -0.1) is 0 Å². The Hall–Kier alpha value is -0.490. The van der Waals surface area contributed by atoms with E-state index in [0.717, 1.165) is 3.57 Å². The second-order valence-corrected chi connectivity index (χ2v) is 3.73. The van der Waals surface area contributed by atoms with Crippen LogP contribution in [0.25, 0.3) is 0 Å². The van der Waals surface area contributed by atoms with Crippen LogP contribution in [-0.2, 0) is 0 Å². The topological polar surface area (TPSA) is 64.4 Å². The van der Waals surface area contributed by atoms with Crippen molar-refractivity contribution in [2.45, 2.75) is 0 Å². The van der Waals surface area contributed by atoms with Crippen molar-refractivity contribution in [1.82, 2.24) is 0 Å². The van der Waals surface area contributed by atoms with Crippen LogP contribution in [-0.4, -0.2) is 5.96 Å². The summed E-state index contributed by atoms with van der Waals surface area (Å²) in [6.07, 6.45) is 0. The van der Waals surface area contributed by atoms with Crippen LogP contribution in [0.1, 0.15) is 0 Å². The van der Waals surface area contributed by atoms with Gasteiger partial charge in [-0.3, -0.25) is 0 Å². The lowest BCUT2D eigenvalue weighted by Gasteiger charge is -1.98. The lowest BCUT2D eigenvalue weighted by atomic mass is 10.3. The predicted octanol–water partition coefficient (Wildman–Crippen LogP) is 1.85. The summed E-state index contributed by atoms with van der Waals surface area (Å²) >= 11 is 7.88. The largest absolute Gasteiger partial charge is 0.370 e. The first kappa shape index (κ1) is 9.60. The molecule has 0 bridgehead atoms. The monoisotopic (exact) mass is 295 g/mol. The van der Waals surface area contributed by atoms with E-state index >= 15 is 0 Å². The Labute approximate surface area is 88.9 Å². The molecule has 3 nitrogen and oxygen atoms in total.